The molecule has 2 aromatic carbocycles. The lowest BCUT2D eigenvalue weighted by atomic mass is 10.2. The van der Waals surface area contributed by atoms with Gasteiger partial charge in [-0.15, -0.1) is 0 Å². The highest BCUT2D eigenvalue weighted by atomic mass is 16.6. The van der Waals surface area contributed by atoms with Gasteiger partial charge >= 0.3 is 5.97 Å². The maximum atomic E-state index is 11.5. The molecule has 2 rings (SSSR count). The Morgan fingerprint density at radius 1 is 1.30 bits per heavy atom. The van der Waals surface area contributed by atoms with E-state index in [0.29, 0.717) is 17.9 Å². The van der Waals surface area contributed by atoms with Gasteiger partial charge in [-0.3, -0.25) is 15.1 Å². The lowest BCUT2D eigenvalue weighted by molar-refractivity contribution is -0.384. The van der Waals surface area contributed by atoms with E-state index in [2.05, 4.69) is 4.99 Å². The molecule has 0 atom stereocenters. The first-order valence-electron chi connectivity index (χ1n) is 6.80. The van der Waals surface area contributed by atoms with Gasteiger partial charge in [0, 0.05) is 23.9 Å². The summed E-state index contributed by atoms with van der Waals surface area (Å²) >= 11 is 0. The molecule has 0 bridgehead atoms. The molecule has 0 aromatic heterocycles. The number of non-ortho nitro benzene ring substituents is 1. The second-order valence-corrected chi connectivity index (χ2v) is 4.53. The van der Waals surface area contributed by atoms with Gasteiger partial charge in [-0.05, 0) is 37.3 Å². The Balaban J connectivity index is 2.19. The third-order valence-electron chi connectivity index (χ3n) is 2.95. The van der Waals surface area contributed by atoms with Gasteiger partial charge in [0.05, 0.1) is 22.8 Å². The average molecular weight is 314 g/mol. The number of nitrogens with zero attached hydrogens (tertiary/aromatic N) is 2. The third-order valence-corrected chi connectivity index (χ3v) is 2.95. The number of hydrogen-bond donors (Lipinski definition) is 1. The molecule has 0 amide bonds. The van der Waals surface area contributed by atoms with Crippen LogP contribution in [0.2, 0.25) is 0 Å². The largest absolute Gasteiger partial charge is 0.507 e. The lowest BCUT2D eigenvalue weighted by Crippen LogP contribution is -2.03. The van der Waals surface area contributed by atoms with Crippen LogP contribution in [0.1, 0.15) is 22.8 Å². The van der Waals surface area contributed by atoms with Gasteiger partial charge in [-0.1, -0.05) is 0 Å². The van der Waals surface area contributed by atoms with Gasteiger partial charge < -0.3 is 9.84 Å². The number of phenols is 1. The maximum absolute atomic E-state index is 11.5. The molecular weight excluding hydrogens is 300 g/mol. The lowest BCUT2D eigenvalue weighted by Gasteiger charge is -2.02. The molecule has 7 heteroatoms. The van der Waals surface area contributed by atoms with E-state index in [1.807, 2.05) is 0 Å². The zero-order valence-corrected chi connectivity index (χ0v) is 12.3. The fraction of sp³-hybridized carbons (Fsp3) is 0.125. The van der Waals surface area contributed by atoms with Crippen LogP contribution in [-0.2, 0) is 4.74 Å². The minimum atomic E-state index is -0.551. The predicted octanol–water partition coefficient (Wildman–Crippen LogP) is 3.23. The molecule has 0 unspecified atom stereocenters. The summed E-state index contributed by atoms with van der Waals surface area (Å²) in [6.07, 6.45) is 1.32. The summed E-state index contributed by atoms with van der Waals surface area (Å²) in [7, 11) is 0. The molecule has 0 aliphatic rings. The number of nitro groups is 1. The van der Waals surface area contributed by atoms with Crippen LogP contribution in [0.25, 0.3) is 0 Å². The molecule has 0 radical (unpaired) electrons. The van der Waals surface area contributed by atoms with Crippen molar-refractivity contribution in [3.8, 4) is 5.75 Å². The number of esters is 1. The molecule has 0 spiro atoms. The van der Waals surface area contributed by atoms with Crippen LogP contribution in [0.5, 0.6) is 5.75 Å². The van der Waals surface area contributed by atoms with Crippen LogP contribution in [0.4, 0.5) is 11.4 Å². The Bertz CT molecular complexity index is 754. The Hall–Kier alpha value is -3.22. The molecule has 118 valence electrons. The van der Waals surface area contributed by atoms with Crippen molar-refractivity contribution >= 4 is 23.6 Å². The monoisotopic (exact) mass is 314 g/mol. The highest BCUT2D eigenvalue weighted by Crippen LogP contribution is 2.22. The van der Waals surface area contributed by atoms with E-state index in [0.717, 1.165) is 0 Å². The highest BCUT2D eigenvalue weighted by Gasteiger charge is 2.09. The summed E-state index contributed by atoms with van der Waals surface area (Å²) in [6.45, 7) is 2.02. The Morgan fingerprint density at radius 2 is 2.00 bits per heavy atom. The Morgan fingerprint density at radius 3 is 2.61 bits per heavy atom. The van der Waals surface area contributed by atoms with Gasteiger partial charge in [0.2, 0.25) is 0 Å². The molecule has 1 N–H and O–H groups in total. The van der Waals surface area contributed by atoms with E-state index in [4.69, 9.17) is 4.74 Å². The number of carbonyl (C=O) groups excluding carboxylic acids is 1. The van der Waals surface area contributed by atoms with Crippen molar-refractivity contribution < 1.29 is 19.6 Å². The summed E-state index contributed by atoms with van der Waals surface area (Å²) in [6, 6.07) is 10.0. The van der Waals surface area contributed by atoms with E-state index in [1.54, 1.807) is 31.2 Å². The van der Waals surface area contributed by atoms with Gasteiger partial charge in [0.25, 0.3) is 5.69 Å². The van der Waals surface area contributed by atoms with Crippen molar-refractivity contribution in [1.82, 2.24) is 0 Å². The normalized spacial score (nSPS) is 10.7. The quantitative estimate of drug-likeness (QED) is 0.395. The van der Waals surface area contributed by atoms with Crippen LogP contribution in [-0.4, -0.2) is 28.8 Å². The Kier molecular flexibility index (Phi) is 5.03. The number of aliphatic imine (C=N–C) groups is 1. The van der Waals surface area contributed by atoms with Crippen LogP contribution in [0.15, 0.2) is 47.5 Å². The van der Waals surface area contributed by atoms with E-state index < -0.39 is 10.9 Å². The summed E-state index contributed by atoms with van der Waals surface area (Å²) in [5, 5.41) is 20.4. The second kappa shape index (κ2) is 7.17. The van der Waals surface area contributed by atoms with Crippen LogP contribution >= 0.6 is 0 Å². The first-order valence-corrected chi connectivity index (χ1v) is 6.80. The highest BCUT2D eigenvalue weighted by molar-refractivity contribution is 5.90. The number of ether oxygens (including phenoxy) is 1. The minimum Gasteiger partial charge on any atom is -0.507 e. The molecule has 0 aliphatic carbocycles. The van der Waals surface area contributed by atoms with E-state index in [9.17, 15) is 20.0 Å². The van der Waals surface area contributed by atoms with Crippen molar-refractivity contribution in [1.29, 1.82) is 0 Å². The van der Waals surface area contributed by atoms with E-state index >= 15 is 0 Å². The molecule has 2 aromatic rings. The van der Waals surface area contributed by atoms with Gasteiger partial charge in [-0.2, -0.15) is 0 Å². The maximum Gasteiger partial charge on any atom is 0.338 e. The first kappa shape index (κ1) is 16.2. The Labute approximate surface area is 132 Å². The number of hydrogen-bond acceptors (Lipinski definition) is 6. The second-order valence-electron chi connectivity index (χ2n) is 4.53. The SMILES string of the molecule is CCOC(=O)c1ccc(/N=C/c2cc([N+](=O)[O-])ccc2O)cc1. The van der Waals surface area contributed by atoms with Gasteiger partial charge in [0.1, 0.15) is 5.75 Å². The van der Waals surface area contributed by atoms with Crippen LogP contribution in [0, 0.1) is 10.1 Å². The molecule has 0 heterocycles. The number of nitro benzene ring substituents is 1. The number of carbonyl (C=O) groups is 1. The molecule has 0 aliphatic heterocycles. The van der Waals surface area contributed by atoms with Gasteiger partial charge in [0.15, 0.2) is 0 Å². The fourth-order valence-corrected chi connectivity index (χ4v) is 1.80. The van der Waals surface area contributed by atoms with Gasteiger partial charge in [-0.25, -0.2) is 4.79 Å². The van der Waals surface area contributed by atoms with Crippen molar-refractivity contribution in [2.45, 2.75) is 6.92 Å². The zero-order valence-electron chi connectivity index (χ0n) is 12.3. The molecule has 23 heavy (non-hydrogen) atoms. The summed E-state index contributed by atoms with van der Waals surface area (Å²) in [4.78, 5) is 25.8. The summed E-state index contributed by atoms with van der Waals surface area (Å²) < 4.78 is 4.87. The summed E-state index contributed by atoms with van der Waals surface area (Å²) in [5.74, 6) is -0.526. The first-order chi connectivity index (χ1) is 11.0. The van der Waals surface area contributed by atoms with E-state index in [1.165, 1.54) is 24.4 Å². The van der Waals surface area contributed by atoms with Crippen LogP contribution in [0.3, 0.4) is 0 Å². The van der Waals surface area contributed by atoms with Crippen molar-refractivity contribution in [3.63, 3.8) is 0 Å². The molecular formula is C16H14N2O5. The third kappa shape index (κ3) is 4.13. The number of benzene rings is 2. The van der Waals surface area contributed by atoms with E-state index in [-0.39, 0.29) is 17.0 Å². The average Bonchev–Trinajstić information content (AvgIpc) is 2.54. The summed E-state index contributed by atoms with van der Waals surface area (Å²) in [5.41, 5.74) is 1.03. The van der Waals surface area contributed by atoms with Crippen LogP contribution < -0.4 is 0 Å². The molecule has 0 saturated carbocycles. The predicted molar refractivity (Wildman–Crippen MR) is 84.4 cm³/mol. The molecule has 7 nitrogen and oxygen atoms in total. The number of rotatable bonds is 5. The zero-order chi connectivity index (χ0) is 16.8. The van der Waals surface area contributed by atoms with Crippen molar-refractivity contribution in [2.24, 2.45) is 4.99 Å². The standard InChI is InChI=1S/C16H14N2O5/c1-2-23-16(20)11-3-5-13(6-4-11)17-10-12-9-14(18(21)22)7-8-15(12)19/h3-10,19H,2H2,1H3/b17-10+. The topological polar surface area (TPSA) is 102 Å². The van der Waals surface area contributed by atoms with Crippen molar-refractivity contribution in [2.75, 3.05) is 6.61 Å². The number of phenolic OH excluding ortho intramolecular Hbond substituents is 1. The van der Waals surface area contributed by atoms with Crippen molar-refractivity contribution in [3.05, 3.63) is 63.7 Å². The smallest absolute Gasteiger partial charge is 0.338 e. The molecule has 0 fully saturated rings. The minimum absolute atomic E-state index is 0.109. The number of aromatic hydroxyl groups is 1. The molecule has 0 saturated heterocycles. The fourth-order valence-electron chi connectivity index (χ4n) is 1.80.